The highest BCUT2D eigenvalue weighted by Gasteiger charge is 2.12. The summed E-state index contributed by atoms with van der Waals surface area (Å²) < 4.78 is 10.1. The number of ether oxygens (including phenoxy) is 2. The van der Waals surface area contributed by atoms with E-state index in [9.17, 15) is 4.79 Å². The molecule has 0 saturated heterocycles. The van der Waals surface area contributed by atoms with Gasteiger partial charge in [-0.15, -0.1) is 0 Å². The zero-order valence-electron chi connectivity index (χ0n) is 10.9. The number of carbonyl (C=O) groups excluding carboxylic acids is 1. The van der Waals surface area contributed by atoms with Crippen molar-refractivity contribution in [3.63, 3.8) is 0 Å². The van der Waals surface area contributed by atoms with Crippen LogP contribution in [-0.2, 0) is 4.74 Å². The summed E-state index contributed by atoms with van der Waals surface area (Å²) in [6.07, 6.45) is 5.91. The van der Waals surface area contributed by atoms with E-state index in [0.717, 1.165) is 12.8 Å². The Morgan fingerprint density at radius 3 is 2.83 bits per heavy atom. The molecule has 5 heteroatoms. The van der Waals surface area contributed by atoms with E-state index in [0.29, 0.717) is 18.2 Å². The molecule has 1 heterocycles. The third-order valence-corrected chi connectivity index (χ3v) is 2.56. The molecule has 1 aromatic rings. The van der Waals surface area contributed by atoms with Gasteiger partial charge in [0.2, 0.25) is 5.88 Å². The van der Waals surface area contributed by atoms with Gasteiger partial charge in [-0.2, -0.15) is 0 Å². The van der Waals surface area contributed by atoms with Crippen molar-refractivity contribution in [3.8, 4) is 5.88 Å². The number of unbranched alkanes of at least 4 members (excludes halogenated alkanes) is 3. The van der Waals surface area contributed by atoms with Gasteiger partial charge in [-0.1, -0.05) is 26.2 Å². The van der Waals surface area contributed by atoms with Gasteiger partial charge in [0, 0.05) is 6.07 Å². The lowest BCUT2D eigenvalue weighted by molar-refractivity contribution is 0.0601. The maximum absolute atomic E-state index is 11.4. The number of esters is 1. The Morgan fingerprint density at radius 1 is 1.39 bits per heavy atom. The third kappa shape index (κ3) is 4.24. The van der Waals surface area contributed by atoms with Crippen molar-refractivity contribution >= 4 is 11.7 Å². The first kappa shape index (κ1) is 14.3. The molecule has 1 aromatic heterocycles. The minimum atomic E-state index is -0.481. The number of nitrogen functional groups attached to an aromatic ring is 1. The Hall–Kier alpha value is -1.78. The van der Waals surface area contributed by atoms with Crippen molar-refractivity contribution in [2.45, 2.75) is 32.6 Å². The molecule has 18 heavy (non-hydrogen) atoms. The first-order valence-corrected chi connectivity index (χ1v) is 6.15. The average molecular weight is 252 g/mol. The second-order valence-corrected chi connectivity index (χ2v) is 4.01. The van der Waals surface area contributed by atoms with E-state index < -0.39 is 5.97 Å². The minimum Gasteiger partial charge on any atom is -0.478 e. The summed E-state index contributed by atoms with van der Waals surface area (Å²) in [6, 6.07) is 1.51. The van der Waals surface area contributed by atoms with E-state index in [-0.39, 0.29) is 5.56 Å². The molecule has 0 aliphatic rings. The maximum Gasteiger partial charge on any atom is 0.340 e. The van der Waals surface area contributed by atoms with Crippen LogP contribution < -0.4 is 10.5 Å². The van der Waals surface area contributed by atoms with Gasteiger partial charge >= 0.3 is 5.97 Å². The van der Waals surface area contributed by atoms with Crippen LogP contribution in [0.25, 0.3) is 0 Å². The lowest BCUT2D eigenvalue weighted by Crippen LogP contribution is -2.08. The van der Waals surface area contributed by atoms with Crippen LogP contribution in [0.2, 0.25) is 0 Å². The molecule has 0 saturated carbocycles. The number of nitrogens with two attached hydrogens (primary N) is 1. The van der Waals surface area contributed by atoms with Crippen LogP contribution in [0, 0.1) is 0 Å². The van der Waals surface area contributed by atoms with E-state index in [1.54, 1.807) is 0 Å². The number of carbonyl (C=O) groups is 1. The van der Waals surface area contributed by atoms with E-state index in [1.165, 1.54) is 32.2 Å². The number of pyridine rings is 1. The highest BCUT2D eigenvalue weighted by molar-refractivity contribution is 5.95. The quantitative estimate of drug-likeness (QED) is 0.595. The number of anilines is 1. The van der Waals surface area contributed by atoms with Crippen molar-refractivity contribution in [1.29, 1.82) is 0 Å². The van der Waals surface area contributed by atoms with Crippen LogP contribution in [0.5, 0.6) is 5.88 Å². The largest absolute Gasteiger partial charge is 0.478 e. The predicted octanol–water partition coefficient (Wildman–Crippen LogP) is 2.41. The summed E-state index contributed by atoms with van der Waals surface area (Å²) in [7, 11) is 1.31. The van der Waals surface area contributed by atoms with Gasteiger partial charge in [-0.25, -0.2) is 9.78 Å². The highest BCUT2D eigenvalue weighted by atomic mass is 16.5. The van der Waals surface area contributed by atoms with Crippen LogP contribution in [0.3, 0.4) is 0 Å². The lowest BCUT2D eigenvalue weighted by Gasteiger charge is -2.08. The summed E-state index contributed by atoms with van der Waals surface area (Å²) in [4.78, 5) is 15.4. The van der Waals surface area contributed by atoms with Gasteiger partial charge in [0.05, 0.1) is 31.2 Å². The number of hydrogen-bond donors (Lipinski definition) is 1. The second-order valence-electron chi connectivity index (χ2n) is 4.01. The maximum atomic E-state index is 11.4. The third-order valence-electron chi connectivity index (χ3n) is 2.56. The Labute approximate surface area is 107 Å². The summed E-state index contributed by atoms with van der Waals surface area (Å²) in [6.45, 7) is 2.75. The van der Waals surface area contributed by atoms with Gasteiger partial charge in [0.15, 0.2) is 0 Å². The molecule has 0 aliphatic carbocycles. The van der Waals surface area contributed by atoms with Crippen molar-refractivity contribution < 1.29 is 14.3 Å². The topological polar surface area (TPSA) is 74.4 Å². The fourth-order valence-electron chi connectivity index (χ4n) is 1.52. The van der Waals surface area contributed by atoms with Crippen LogP contribution in [0.1, 0.15) is 43.0 Å². The molecule has 0 unspecified atom stereocenters. The molecule has 0 bridgehead atoms. The number of hydrogen-bond acceptors (Lipinski definition) is 5. The molecule has 0 aromatic carbocycles. The molecule has 0 atom stereocenters. The summed E-state index contributed by atoms with van der Waals surface area (Å²) in [5.74, 6) is -0.0770. The zero-order valence-corrected chi connectivity index (χ0v) is 10.9. The summed E-state index contributed by atoms with van der Waals surface area (Å²) in [5.41, 5.74) is 6.22. The first-order chi connectivity index (χ1) is 8.69. The van der Waals surface area contributed by atoms with Gasteiger partial charge in [0.1, 0.15) is 0 Å². The lowest BCUT2D eigenvalue weighted by atomic mass is 10.2. The van der Waals surface area contributed by atoms with Crippen molar-refractivity contribution in [1.82, 2.24) is 4.98 Å². The van der Waals surface area contributed by atoms with Crippen molar-refractivity contribution in [2.24, 2.45) is 0 Å². The van der Waals surface area contributed by atoms with Crippen LogP contribution in [0.4, 0.5) is 5.69 Å². The Morgan fingerprint density at radius 2 is 2.17 bits per heavy atom. The predicted molar refractivity (Wildman–Crippen MR) is 69.6 cm³/mol. The summed E-state index contributed by atoms with van der Waals surface area (Å²) >= 11 is 0. The molecule has 2 N–H and O–H groups in total. The standard InChI is InChI=1S/C13H20N2O3/c1-3-4-5-6-7-18-12-8-10(13(16)17-2)11(14)9-15-12/h8-9H,3-7,14H2,1-2H3. The second kappa shape index (κ2) is 7.53. The van der Waals surface area contributed by atoms with E-state index in [1.807, 2.05) is 0 Å². The van der Waals surface area contributed by atoms with Crippen LogP contribution in [0.15, 0.2) is 12.3 Å². The smallest absolute Gasteiger partial charge is 0.340 e. The molecular weight excluding hydrogens is 232 g/mol. The number of methoxy groups -OCH3 is 1. The minimum absolute atomic E-state index is 0.288. The van der Waals surface area contributed by atoms with Gasteiger partial charge in [-0.3, -0.25) is 0 Å². The molecule has 0 fully saturated rings. The fraction of sp³-hybridized carbons (Fsp3) is 0.538. The molecule has 0 spiro atoms. The number of aromatic nitrogens is 1. The fourth-order valence-corrected chi connectivity index (χ4v) is 1.52. The molecule has 0 radical (unpaired) electrons. The SMILES string of the molecule is CCCCCCOc1cc(C(=O)OC)c(N)cn1. The zero-order chi connectivity index (χ0) is 13.4. The molecular formula is C13H20N2O3. The van der Waals surface area contributed by atoms with E-state index >= 15 is 0 Å². The average Bonchev–Trinajstić information content (AvgIpc) is 2.39. The number of nitrogens with zero attached hydrogens (tertiary/aromatic N) is 1. The Bertz CT molecular complexity index is 394. The first-order valence-electron chi connectivity index (χ1n) is 6.15. The molecule has 1 rings (SSSR count). The van der Waals surface area contributed by atoms with Crippen LogP contribution >= 0.6 is 0 Å². The molecule has 5 nitrogen and oxygen atoms in total. The Balaban J connectivity index is 2.54. The van der Waals surface area contributed by atoms with Gasteiger partial charge in [-0.05, 0) is 6.42 Å². The van der Waals surface area contributed by atoms with Crippen molar-refractivity contribution in [2.75, 3.05) is 19.5 Å². The van der Waals surface area contributed by atoms with Crippen molar-refractivity contribution in [3.05, 3.63) is 17.8 Å². The highest BCUT2D eigenvalue weighted by Crippen LogP contribution is 2.17. The van der Waals surface area contributed by atoms with Gasteiger partial charge in [0.25, 0.3) is 0 Å². The molecule has 0 amide bonds. The molecule has 0 aliphatic heterocycles. The molecule has 100 valence electrons. The summed E-state index contributed by atoms with van der Waals surface area (Å²) in [5, 5.41) is 0. The van der Waals surface area contributed by atoms with Gasteiger partial charge < -0.3 is 15.2 Å². The van der Waals surface area contributed by atoms with Crippen LogP contribution in [-0.4, -0.2) is 24.7 Å². The number of rotatable bonds is 7. The normalized spacial score (nSPS) is 10.1. The Kier molecular flexibility index (Phi) is 5.97. The monoisotopic (exact) mass is 252 g/mol. The van der Waals surface area contributed by atoms with E-state index in [2.05, 4.69) is 16.6 Å². The van der Waals surface area contributed by atoms with E-state index in [4.69, 9.17) is 10.5 Å².